The largest absolute Gasteiger partial charge is 0.381 e. The van der Waals surface area contributed by atoms with Gasteiger partial charge in [-0.2, -0.15) is 0 Å². The van der Waals surface area contributed by atoms with Crippen LogP contribution in [0.15, 0.2) is 12.1 Å². The lowest BCUT2D eigenvalue weighted by Gasteiger charge is -2.34. The summed E-state index contributed by atoms with van der Waals surface area (Å²) in [7, 11) is 0. The molecule has 0 amide bonds. The van der Waals surface area contributed by atoms with Crippen LogP contribution in [-0.2, 0) is 11.3 Å². The first-order valence-electron chi connectivity index (χ1n) is 6.67. The van der Waals surface area contributed by atoms with Crippen LogP contribution in [0.2, 0.25) is 0 Å². The van der Waals surface area contributed by atoms with Crippen LogP contribution in [0, 0.1) is 17.0 Å². The van der Waals surface area contributed by atoms with Gasteiger partial charge < -0.3 is 15.0 Å². The van der Waals surface area contributed by atoms with Crippen LogP contribution in [0.5, 0.6) is 0 Å². The average molecular weight is 281 g/mol. The van der Waals surface area contributed by atoms with E-state index in [9.17, 15) is 8.78 Å². The maximum Gasteiger partial charge on any atom is 0.201 e. The molecule has 1 aromatic carbocycles. The number of hydrogen-bond donors (Lipinski definition) is 1. The molecule has 20 heavy (non-hydrogen) atoms. The van der Waals surface area contributed by atoms with E-state index in [0.717, 1.165) is 18.9 Å². The molecule has 3 rings (SSSR count). The number of halogens is 2. The van der Waals surface area contributed by atoms with Gasteiger partial charge >= 0.3 is 0 Å². The first kappa shape index (κ1) is 13.3. The number of ether oxygens (including phenoxy) is 1. The van der Waals surface area contributed by atoms with Crippen LogP contribution in [0.3, 0.4) is 0 Å². The van der Waals surface area contributed by atoms with E-state index in [-0.39, 0.29) is 16.9 Å². The van der Waals surface area contributed by atoms with Crippen molar-refractivity contribution in [2.45, 2.75) is 26.3 Å². The standard InChI is InChI=1S/C14H17F2N3O/c1-14(2-4-20-5-3-14)8-19-11-7-9(15)6-10(16)12(11)18-13(19)17/h6-7H,2-5,8H2,1H3,(H2,17,18). The van der Waals surface area contributed by atoms with Crippen molar-refractivity contribution in [3.63, 3.8) is 0 Å². The highest BCUT2D eigenvalue weighted by Gasteiger charge is 2.29. The van der Waals surface area contributed by atoms with Crippen LogP contribution in [-0.4, -0.2) is 22.8 Å². The van der Waals surface area contributed by atoms with E-state index in [1.165, 1.54) is 6.07 Å². The van der Waals surface area contributed by atoms with E-state index in [2.05, 4.69) is 11.9 Å². The normalized spacial score (nSPS) is 18.6. The van der Waals surface area contributed by atoms with Gasteiger partial charge in [-0.15, -0.1) is 0 Å². The quantitative estimate of drug-likeness (QED) is 0.920. The van der Waals surface area contributed by atoms with Crippen LogP contribution >= 0.6 is 0 Å². The van der Waals surface area contributed by atoms with Crippen molar-refractivity contribution < 1.29 is 13.5 Å². The zero-order chi connectivity index (χ0) is 14.3. The van der Waals surface area contributed by atoms with Crippen molar-refractivity contribution in [3.8, 4) is 0 Å². The molecule has 0 atom stereocenters. The Morgan fingerprint density at radius 1 is 1.35 bits per heavy atom. The molecule has 0 spiro atoms. The van der Waals surface area contributed by atoms with Crippen molar-refractivity contribution >= 4 is 17.0 Å². The topological polar surface area (TPSA) is 53.1 Å². The lowest BCUT2D eigenvalue weighted by atomic mass is 9.82. The Balaban J connectivity index is 2.04. The minimum absolute atomic E-state index is 0.00277. The second kappa shape index (κ2) is 4.70. The third-order valence-electron chi connectivity index (χ3n) is 4.04. The lowest BCUT2D eigenvalue weighted by molar-refractivity contribution is 0.0163. The molecule has 108 valence electrons. The highest BCUT2D eigenvalue weighted by molar-refractivity contribution is 5.79. The molecule has 2 N–H and O–H groups in total. The van der Waals surface area contributed by atoms with Gasteiger partial charge in [-0.05, 0) is 18.3 Å². The molecule has 0 bridgehead atoms. The maximum absolute atomic E-state index is 13.7. The summed E-state index contributed by atoms with van der Waals surface area (Å²) >= 11 is 0. The van der Waals surface area contributed by atoms with E-state index in [4.69, 9.17) is 10.5 Å². The predicted octanol–water partition coefficient (Wildman–Crippen LogP) is 2.71. The van der Waals surface area contributed by atoms with Gasteiger partial charge in [0.25, 0.3) is 0 Å². The summed E-state index contributed by atoms with van der Waals surface area (Å²) in [4.78, 5) is 4.02. The molecule has 1 fully saturated rings. The Bertz CT molecular complexity index is 647. The molecule has 2 aromatic rings. The Kier molecular flexibility index (Phi) is 3.12. The third-order valence-corrected chi connectivity index (χ3v) is 4.04. The van der Waals surface area contributed by atoms with Gasteiger partial charge in [0.15, 0.2) is 5.82 Å². The molecule has 1 saturated heterocycles. The molecular weight excluding hydrogens is 264 g/mol. The zero-order valence-corrected chi connectivity index (χ0v) is 11.3. The molecule has 6 heteroatoms. The van der Waals surface area contributed by atoms with E-state index < -0.39 is 11.6 Å². The van der Waals surface area contributed by atoms with Crippen molar-refractivity contribution in [1.82, 2.24) is 9.55 Å². The summed E-state index contributed by atoms with van der Waals surface area (Å²) in [5, 5.41) is 0. The van der Waals surface area contributed by atoms with Crippen molar-refractivity contribution in [1.29, 1.82) is 0 Å². The summed E-state index contributed by atoms with van der Waals surface area (Å²) < 4.78 is 34.2. The highest BCUT2D eigenvalue weighted by atomic mass is 19.1. The minimum atomic E-state index is -0.678. The van der Waals surface area contributed by atoms with E-state index in [1.54, 1.807) is 4.57 Å². The second-order valence-electron chi connectivity index (χ2n) is 5.73. The van der Waals surface area contributed by atoms with Gasteiger partial charge in [0.2, 0.25) is 5.95 Å². The number of nitrogens with two attached hydrogens (primary N) is 1. The van der Waals surface area contributed by atoms with Gasteiger partial charge in [0.05, 0.1) is 5.52 Å². The minimum Gasteiger partial charge on any atom is -0.381 e. The van der Waals surface area contributed by atoms with Crippen molar-refractivity contribution in [2.75, 3.05) is 18.9 Å². The van der Waals surface area contributed by atoms with Crippen molar-refractivity contribution in [2.24, 2.45) is 5.41 Å². The monoisotopic (exact) mass is 281 g/mol. The SMILES string of the molecule is CC1(Cn2c(N)nc3c(F)cc(F)cc32)CCOCC1. The molecule has 0 saturated carbocycles. The average Bonchev–Trinajstić information content (AvgIpc) is 2.68. The van der Waals surface area contributed by atoms with Gasteiger partial charge in [-0.1, -0.05) is 6.92 Å². The molecule has 1 aliphatic rings. The first-order chi connectivity index (χ1) is 9.48. The fourth-order valence-electron chi connectivity index (χ4n) is 2.74. The number of anilines is 1. The summed E-state index contributed by atoms with van der Waals surface area (Å²) in [6, 6.07) is 2.11. The zero-order valence-electron chi connectivity index (χ0n) is 11.3. The van der Waals surface area contributed by atoms with Crippen LogP contribution < -0.4 is 5.73 Å². The molecule has 0 unspecified atom stereocenters. The lowest BCUT2D eigenvalue weighted by Crippen LogP contribution is -2.31. The van der Waals surface area contributed by atoms with E-state index >= 15 is 0 Å². The molecule has 0 radical (unpaired) electrons. The number of nitrogens with zero attached hydrogens (tertiary/aromatic N) is 2. The van der Waals surface area contributed by atoms with Gasteiger partial charge in [-0.25, -0.2) is 13.8 Å². The van der Waals surface area contributed by atoms with E-state index in [1.807, 2.05) is 0 Å². The molecule has 1 aromatic heterocycles. The molecule has 0 aliphatic carbocycles. The number of benzene rings is 1. The smallest absolute Gasteiger partial charge is 0.201 e. The van der Waals surface area contributed by atoms with Crippen molar-refractivity contribution in [3.05, 3.63) is 23.8 Å². The summed E-state index contributed by atoms with van der Waals surface area (Å²) in [5.74, 6) is -1.08. The molecule has 1 aliphatic heterocycles. The highest BCUT2D eigenvalue weighted by Crippen LogP contribution is 2.34. The van der Waals surface area contributed by atoms with Gasteiger partial charge in [0, 0.05) is 31.9 Å². The number of fused-ring (bicyclic) bond motifs is 1. The fraction of sp³-hybridized carbons (Fsp3) is 0.500. The number of imidazole rings is 1. The van der Waals surface area contributed by atoms with Crippen LogP contribution in [0.25, 0.3) is 11.0 Å². The number of hydrogen-bond acceptors (Lipinski definition) is 3. The summed E-state index contributed by atoms with van der Waals surface area (Å²) in [6.07, 6.45) is 1.79. The van der Waals surface area contributed by atoms with E-state index in [0.29, 0.717) is 25.3 Å². The molecule has 2 heterocycles. The number of nitrogen functional groups attached to an aromatic ring is 1. The maximum atomic E-state index is 13.7. The number of aromatic nitrogens is 2. The fourth-order valence-corrected chi connectivity index (χ4v) is 2.74. The molecule has 4 nitrogen and oxygen atoms in total. The summed E-state index contributed by atoms with van der Waals surface area (Å²) in [6.45, 7) is 4.12. The first-order valence-corrected chi connectivity index (χ1v) is 6.67. The Morgan fingerprint density at radius 2 is 2.05 bits per heavy atom. The Labute approximate surface area is 115 Å². The van der Waals surface area contributed by atoms with Gasteiger partial charge in [0.1, 0.15) is 11.3 Å². The van der Waals surface area contributed by atoms with Gasteiger partial charge in [-0.3, -0.25) is 0 Å². The number of rotatable bonds is 2. The third kappa shape index (κ3) is 2.24. The predicted molar refractivity (Wildman–Crippen MR) is 72.2 cm³/mol. The second-order valence-corrected chi connectivity index (χ2v) is 5.73. The van der Waals surface area contributed by atoms with Crippen LogP contribution in [0.1, 0.15) is 19.8 Å². The molecular formula is C14H17F2N3O. The Hall–Kier alpha value is -1.69. The van der Waals surface area contributed by atoms with Crippen LogP contribution in [0.4, 0.5) is 14.7 Å². The Morgan fingerprint density at radius 3 is 2.75 bits per heavy atom. The summed E-state index contributed by atoms with van der Waals surface area (Å²) in [5.41, 5.74) is 6.42.